The Balaban J connectivity index is 0.00000280. The number of halogens is 3. The van der Waals surface area contributed by atoms with Crippen LogP contribution in [-0.2, 0) is 10.2 Å². The summed E-state index contributed by atoms with van der Waals surface area (Å²) in [6.07, 6.45) is 5.84. The summed E-state index contributed by atoms with van der Waals surface area (Å²) in [6.45, 7) is 5.03. The summed E-state index contributed by atoms with van der Waals surface area (Å²) >= 11 is 0. The fraction of sp³-hybridized carbons (Fsp3) is 0.667. The van der Waals surface area contributed by atoms with E-state index in [0.717, 1.165) is 64.2 Å². The van der Waals surface area contributed by atoms with Crippen LogP contribution in [0.5, 0.6) is 0 Å². The molecule has 4 nitrogen and oxygen atoms in total. The summed E-state index contributed by atoms with van der Waals surface area (Å²) in [7, 11) is 1.77. The van der Waals surface area contributed by atoms with Crippen LogP contribution in [0, 0.1) is 11.6 Å². The van der Waals surface area contributed by atoms with Gasteiger partial charge in [-0.2, -0.15) is 0 Å². The number of benzene rings is 1. The number of hydrogen-bond donors (Lipinski definition) is 1. The molecule has 1 saturated carbocycles. The molecule has 0 radical (unpaired) electrons. The molecule has 0 amide bonds. The van der Waals surface area contributed by atoms with Crippen LogP contribution in [0.1, 0.15) is 51.0 Å². The molecule has 2 fully saturated rings. The number of aliphatic imine (C=N–C) groups is 1. The largest absolute Gasteiger partial charge is 0.378 e. The van der Waals surface area contributed by atoms with Crippen molar-refractivity contribution < 1.29 is 13.5 Å². The molecule has 1 aliphatic carbocycles. The zero-order valence-electron chi connectivity index (χ0n) is 16.8. The molecule has 0 spiro atoms. The lowest BCUT2D eigenvalue weighted by molar-refractivity contribution is 0.0263. The lowest BCUT2D eigenvalue weighted by atomic mass is 9.78. The Morgan fingerprint density at radius 3 is 2.36 bits per heavy atom. The molecule has 1 heterocycles. The van der Waals surface area contributed by atoms with Crippen LogP contribution in [0.3, 0.4) is 0 Å². The van der Waals surface area contributed by atoms with Gasteiger partial charge in [0.05, 0.1) is 6.10 Å². The van der Waals surface area contributed by atoms with E-state index in [-0.39, 0.29) is 29.5 Å². The van der Waals surface area contributed by atoms with Crippen LogP contribution in [0.2, 0.25) is 0 Å². The zero-order valence-corrected chi connectivity index (χ0v) is 19.2. The first kappa shape index (κ1) is 23.3. The summed E-state index contributed by atoms with van der Waals surface area (Å²) in [5.74, 6) is -0.0644. The molecule has 0 aromatic heterocycles. The van der Waals surface area contributed by atoms with E-state index in [1.165, 1.54) is 18.2 Å². The lowest BCUT2D eigenvalue weighted by Gasteiger charge is -2.36. The average molecular weight is 507 g/mol. The third kappa shape index (κ3) is 5.14. The van der Waals surface area contributed by atoms with Gasteiger partial charge in [-0.1, -0.05) is 18.9 Å². The molecule has 0 bridgehead atoms. The number of ether oxygens (including phenoxy) is 1. The molecule has 1 aliphatic heterocycles. The molecule has 158 valence electrons. The average Bonchev–Trinajstić information content (AvgIpc) is 3.13. The molecule has 2 aliphatic rings. The van der Waals surface area contributed by atoms with Crippen molar-refractivity contribution in [3.8, 4) is 0 Å². The van der Waals surface area contributed by atoms with E-state index in [1.807, 2.05) is 6.92 Å². The Morgan fingerprint density at radius 2 is 1.82 bits per heavy atom. The molecule has 1 aromatic rings. The van der Waals surface area contributed by atoms with E-state index in [0.29, 0.717) is 12.6 Å². The van der Waals surface area contributed by atoms with Gasteiger partial charge in [0, 0.05) is 44.3 Å². The van der Waals surface area contributed by atoms with Crippen molar-refractivity contribution in [1.29, 1.82) is 0 Å². The van der Waals surface area contributed by atoms with Crippen molar-refractivity contribution in [3.05, 3.63) is 35.4 Å². The van der Waals surface area contributed by atoms with Crippen LogP contribution < -0.4 is 5.32 Å². The number of nitrogens with one attached hydrogen (secondary N) is 1. The topological polar surface area (TPSA) is 36.9 Å². The summed E-state index contributed by atoms with van der Waals surface area (Å²) < 4.78 is 34.7. The first-order chi connectivity index (χ1) is 13.1. The first-order valence-electron chi connectivity index (χ1n) is 10.1. The van der Waals surface area contributed by atoms with Gasteiger partial charge in [0.15, 0.2) is 5.96 Å². The molecule has 0 atom stereocenters. The maximum absolute atomic E-state index is 14.5. The maximum Gasteiger partial charge on any atom is 0.193 e. The second kappa shape index (κ2) is 10.7. The predicted molar refractivity (Wildman–Crippen MR) is 120 cm³/mol. The SMILES string of the molecule is CCOC1CCN(C(=NC)NCC2(c3c(F)cccc3F)CCCC2)CC1.I. The lowest BCUT2D eigenvalue weighted by Crippen LogP contribution is -2.50. The van der Waals surface area contributed by atoms with E-state index < -0.39 is 17.0 Å². The standard InChI is InChI=1S/C21H31F2N3O.HI/c1-3-27-16-9-13-26(14-10-16)20(24-2)25-15-21(11-4-5-12-21)19-17(22)7-6-8-18(19)23;/h6-8,16H,3-5,9-15H2,1-2H3,(H,24,25);1H. The third-order valence-electron chi connectivity index (χ3n) is 5.99. The molecule has 0 unspecified atom stereocenters. The first-order valence-corrected chi connectivity index (χ1v) is 10.1. The number of piperidine rings is 1. The van der Waals surface area contributed by atoms with E-state index in [4.69, 9.17) is 4.74 Å². The van der Waals surface area contributed by atoms with Gasteiger partial charge in [0.2, 0.25) is 0 Å². The highest BCUT2D eigenvalue weighted by Gasteiger charge is 2.40. The van der Waals surface area contributed by atoms with Crippen LogP contribution in [-0.4, -0.2) is 50.3 Å². The van der Waals surface area contributed by atoms with E-state index in [1.54, 1.807) is 7.05 Å². The van der Waals surface area contributed by atoms with Crippen LogP contribution in [0.4, 0.5) is 8.78 Å². The monoisotopic (exact) mass is 507 g/mol. The fourth-order valence-electron chi connectivity index (χ4n) is 4.62. The Bertz CT molecular complexity index is 637. The summed E-state index contributed by atoms with van der Waals surface area (Å²) in [6, 6.07) is 4.17. The van der Waals surface area contributed by atoms with Gasteiger partial charge in [-0.25, -0.2) is 8.78 Å². The Labute approximate surface area is 184 Å². The highest BCUT2D eigenvalue weighted by Crippen LogP contribution is 2.42. The van der Waals surface area contributed by atoms with Crippen LogP contribution in [0.25, 0.3) is 0 Å². The van der Waals surface area contributed by atoms with Gasteiger partial charge < -0.3 is 15.0 Å². The summed E-state index contributed by atoms with van der Waals surface area (Å²) in [5, 5.41) is 3.42. The molecule has 1 N–H and O–H groups in total. The third-order valence-corrected chi connectivity index (χ3v) is 5.99. The fourth-order valence-corrected chi connectivity index (χ4v) is 4.62. The highest BCUT2D eigenvalue weighted by atomic mass is 127. The van der Waals surface area contributed by atoms with Gasteiger partial charge in [-0.3, -0.25) is 4.99 Å². The normalized spacial score (nSPS) is 20.1. The molecule has 3 rings (SSSR count). The summed E-state index contributed by atoms with van der Waals surface area (Å²) in [5.41, 5.74) is -0.268. The Morgan fingerprint density at radius 1 is 1.21 bits per heavy atom. The number of guanidine groups is 1. The van der Waals surface area contributed by atoms with Crippen molar-refractivity contribution >= 4 is 29.9 Å². The number of nitrogens with zero attached hydrogens (tertiary/aromatic N) is 2. The van der Waals surface area contributed by atoms with Crippen molar-refractivity contribution in [1.82, 2.24) is 10.2 Å². The molecule has 28 heavy (non-hydrogen) atoms. The maximum atomic E-state index is 14.5. The minimum absolute atomic E-state index is 0. The van der Waals surface area contributed by atoms with Gasteiger partial charge in [-0.05, 0) is 44.7 Å². The predicted octanol–water partition coefficient (Wildman–Crippen LogP) is 4.47. The molecular formula is C21H32F2IN3O. The number of likely N-dealkylation sites (tertiary alicyclic amines) is 1. The molecular weight excluding hydrogens is 475 g/mol. The second-order valence-corrected chi connectivity index (χ2v) is 7.63. The minimum atomic E-state index is -0.505. The van der Waals surface area contributed by atoms with E-state index in [2.05, 4.69) is 15.2 Å². The minimum Gasteiger partial charge on any atom is -0.378 e. The van der Waals surface area contributed by atoms with Crippen LogP contribution in [0.15, 0.2) is 23.2 Å². The smallest absolute Gasteiger partial charge is 0.193 e. The van der Waals surface area contributed by atoms with Crippen molar-refractivity contribution in [3.63, 3.8) is 0 Å². The Hall–Kier alpha value is -0.960. The van der Waals surface area contributed by atoms with Gasteiger partial charge >= 0.3 is 0 Å². The number of rotatable bonds is 5. The van der Waals surface area contributed by atoms with Crippen LogP contribution >= 0.6 is 24.0 Å². The van der Waals surface area contributed by atoms with Gasteiger partial charge in [0.25, 0.3) is 0 Å². The quantitative estimate of drug-likeness (QED) is 0.363. The van der Waals surface area contributed by atoms with Gasteiger partial charge in [-0.15, -0.1) is 24.0 Å². The Kier molecular flexibility index (Phi) is 8.92. The van der Waals surface area contributed by atoms with Crippen molar-refractivity contribution in [2.75, 3.05) is 33.3 Å². The highest BCUT2D eigenvalue weighted by molar-refractivity contribution is 14.0. The van der Waals surface area contributed by atoms with E-state index >= 15 is 0 Å². The van der Waals surface area contributed by atoms with E-state index in [9.17, 15) is 8.78 Å². The van der Waals surface area contributed by atoms with Crippen molar-refractivity contribution in [2.24, 2.45) is 4.99 Å². The van der Waals surface area contributed by atoms with Crippen molar-refractivity contribution in [2.45, 2.75) is 57.0 Å². The molecule has 7 heteroatoms. The zero-order chi connectivity index (χ0) is 19.3. The summed E-state index contributed by atoms with van der Waals surface area (Å²) in [4.78, 5) is 6.63. The molecule has 1 aromatic carbocycles. The molecule has 1 saturated heterocycles. The van der Waals surface area contributed by atoms with Gasteiger partial charge in [0.1, 0.15) is 11.6 Å². The second-order valence-electron chi connectivity index (χ2n) is 7.63. The number of hydrogen-bond acceptors (Lipinski definition) is 2.